The van der Waals surface area contributed by atoms with Crippen LogP contribution in [-0.2, 0) is 4.74 Å². The van der Waals surface area contributed by atoms with Gasteiger partial charge in [0, 0.05) is 44.9 Å². The smallest absolute Gasteiger partial charge is 0.0478 e. The lowest BCUT2D eigenvalue weighted by atomic mass is 10.00. The van der Waals surface area contributed by atoms with Gasteiger partial charge in [-0.25, -0.2) is 0 Å². The summed E-state index contributed by atoms with van der Waals surface area (Å²) in [4.78, 5) is 2.62. The highest BCUT2D eigenvalue weighted by molar-refractivity contribution is 4.84. The largest absolute Gasteiger partial charge is 0.381 e. The van der Waals surface area contributed by atoms with Crippen LogP contribution in [-0.4, -0.2) is 49.8 Å². The van der Waals surface area contributed by atoms with Crippen LogP contribution < -0.4 is 5.32 Å². The van der Waals surface area contributed by atoms with Crippen LogP contribution in [0.15, 0.2) is 0 Å². The van der Waals surface area contributed by atoms with Crippen LogP contribution in [0.2, 0.25) is 0 Å². The van der Waals surface area contributed by atoms with Gasteiger partial charge in [-0.1, -0.05) is 20.8 Å². The Labute approximate surface area is 113 Å². The number of ether oxygens (including phenoxy) is 1. The van der Waals surface area contributed by atoms with E-state index in [1.54, 1.807) is 0 Å². The predicted molar refractivity (Wildman–Crippen MR) is 78.0 cm³/mol. The summed E-state index contributed by atoms with van der Waals surface area (Å²) in [6, 6.07) is 1.34. The number of rotatable bonds is 8. The van der Waals surface area contributed by atoms with Gasteiger partial charge in [-0.05, 0) is 32.1 Å². The van der Waals surface area contributed by atoms with Gasteiger partial charge in [0.15, 0.2) is 0 Å². The molecule has 1 heterocycles. The molecule has 3 nitrogen and oxygen atoms in total. The van der Waals surface area contributed by atoms with Crippen LogP contribution in [0.25, 0.3) is 0 Å². The van der Waals surface area contributed by atoms with Gasteiger partial charge in [0.05, 0.1) is 0 Å². The highest BCUT2D eigenvalue weighted by Gasteiger charge is 2.24. The second kappa shape index (κ2) is 8.89. The molecule has 1 fully saturated rings. The molecule has 3 heteroatoms. The van der Waals surface area contributed by atoms with Gasteiger partial charge in [0.2, 0.25) is 0 Å². The summed E-state index contributed by atoms with van der Waals surface area (Å²) in [6.07, 6.45) is 3.58. The third kappa shape index (κ3) is 6.17. The molecule has 2 atom stereocenters. The fourth-order valence-corrected chi connectivity index (χ4v) is 2.65. The molecule has 0 aromatic heterocycles. The van der Waals surface area contributed by atoms with E-state index in [9.17, 15) is 0 Å². The molecule has 0 spiro atoms. The Kier molecular flexibility index (Phi) is 7.87. The van der Waals surface area contributed by atoms with E-state index in [0.29, 0.717) is 12.1 Å². The maximum Gasteiger partial charge on any atom is 0.0478 e. The molecule has 0 aliphatic carbocycles. The van der Waals surface area contributed by atoms with E-state index in [-0.39, 0.29) is 0 Å². The number of nitrogens with zero attached hydrogens (tertiary/aromatic N) is 1. The average Bonchev–Trinajstić information content (AvgIpc) is 2.32. The Hall–Kier alpha value is -0.120. The molecule has 1 rings (SSSR count). The molecule has 1 aliphatic heterocycles. The van der Waals surface area contributed by atoms with E-state index >= 15 is 0 Å². The monoisotopic (exact) mass is 256 g/mol. The summed E-state index contributed by atoms with van der Waals surface area (Å²) in [6.45, 7) is 14.4. The zero-order valence-corrected chi connectivity index (χ0v) is 12.7. The molecule has 1 aliphatic rings. The highest BCUT2D eigenvalue weighted by atomic mass is 16.5. The number of piperazine rings is 1. The third-order valence-electron chi connectivity index (χ3n) is 3.62. The molecule has 2 unspecified atom stereocenters. The van der Waals surface area contributed by atoms with Crippen LogP contribution in [0.5, 0.6) is 0 Å². The molecule has 0 amide bonds. The Morgan fingerprint density at radius 1 is 1.33 bits per heavy atom. The molecule has 0 radical (unpaired) electrons. The number of hydrogen-bond donors (Lipinski definition) is 1. The van der Waals surface area contributed by atoms with Gasteiger partial charge in [-0.3, -0.25) is 4.90 Å². The van der Waals surface area contributed by atoms with E-state index in [2.05, 4.69) is 37.9 Å². The molecule has 1 N–H and O–H groups in total. The van der Waals surface area contributed by atoms with Gasteiger partial charge in [0.1, 0.15) is 0 Å². The van der Waals surface area contributed by atoms with Crippen molar-refractivity contribution in [3.8, 4) is 0 Å². The Bertz CT molecular complexity index is 209. The van der Waals surface area contributed by atoms with Gasteiger partial charge < -0.3 is 10.1 Å². The summed E-state index contributed by atoms with van der Waals surface area (Å²) >= 11 is 0. The molecular formula is C15H32N2O. The lowest BCUT2D eigenvalue weighted by Crippen LogP contribution is -2.55. The van der Waals surface area contributed by atoms with Crippen molar-refractivity contribution in [3.05, 3.63) is 0 Å². The Morgan fingerprint density at radius 3 is 2.78 bits per heavy atom. The molecule has 108 valence electrons. The zero-order valence-electron chi connectivity index (χ0n) is 12.7. The summed E-state index contributed by atoms with van der Waals surface area (Å²) in [7, 11) is 0. The van der Waals surface area contributed by atoms with Crippen molar-refractivity contribution in [1.82, 2.24) is 10.2 Å². The summed E-state index contributed by atoms with van der Waals surface area (Å²) in [5.74, 6) is 0.783. The maximum absolute atomic E-state index is 5.56. The second-order valence-corrected chi connectivity index (χ2v) is 6.04. The van der Waals surface area contributed by atoms with Crippen LogP contribution >= 0.6 is 0 Å². The number of hydrogen-bond acceptors (Lipinski definition) is 3. The molecule has 18 heavy (non-hydrogen) atoms. The van der Waals surface area contributed by atoms with Gasteiger partial charge >= 0.3 is 0 Å². The van der Waals surface area contributed by atoms with E-state index in [1.165, 1.54) is 25.9 Å². The van der Waals surface area contributed by atoms with Crippen molar-refractivity contribution in [2.75, 3.05) is 32.8 Å². The molecular weight excluding hydrogens is 224 g/mol. The van der Waals surface area contributed by atoms with Crippen molar-refractivity contribution >= 4 is 0 Å². The van der Waals surface area contributed by atoms with Crippen molar-refractivity contribution < 1.29 is 4.74 Å². The van der Waals surface area contributed by atoms with E-state index in [0.717, 1.165) is 32.1 Å². The quantitative estimate of drug-likeness (QED) is 0.675. The van der Waals surface area contributed by atoms with Crippen molar-refractivity contribution in [3.63, 3.8) is 0 Å². The predicted octanol–water partition coefficient (Wildman–Crippen LogP) is 2.51. The van der Waals surface area contributed by atoms with E-state index in [1.807, 2.05) is 0 Å². The van der Waals surface area contributed by atoms with Crippen LogP contribution in [0.4, 0.5) is 0 Å². The number of nitrogens with one attached hydrogen (secondary N) is 1. The average molecular weight is 256 g/mol. The molecule has 0 bridgehead atoms. The first-order valence-corrected chi connectivity index (χ1v) is 7.68. The first kappa shape index (κ1) is 15.9. The van der Waals surface area contributed by atoms with Crippen LogP contribution in [0, 0.1) is 5.92 Å². The first-order chi connectivity index (χ1) is 8.63. The molecule has 0 saturated carbocycles. The minimum Gasteiger partial charge on any atom is -0.381 e. The Morgan fingerprint density at radius 2 is 2.11 bits per heavy atom. The van der Waals surface area contributed by atoms with E-state index in [4.69, 9.17) is 4.74 Å². The second-order valence-electron chi connectivity index (χ2n) is 6.04. The minimum absolute atomic E-state index is 0.666. The first-order valence-electron chi connectivity index (χ1n) is 7.68. The summed E-state index contributed by atoms with van der Waals surface area (Å²) in [5, 5.41) is 3.67. The summed E-state index contributed by atoms with van der Waals surface area (Å²) in [5.41, 5.74) is 0. The SMILES string of the molecule is CCCOCCCN1CC(CC(C)C)NCC1C. The third-order valence-corrected chi connectivity index (χ3v) is 3.62. The fourth-order valence-electron chi connectivity index (χ4n) is 2.65. The molecule has 0 aromatic carbocycles. The lowest BCUT2D eigenvalue weighted by Gasteiger charge is -2.39. The van der Waals surface area contributed by atoms with Gasteiger partial charge in [0.25, 0.3) is 0 Å². The minimum atomic E-state index is 0.666. The van der Waals surface area contributed by atoms with E-state index < -0.39 is 0 Å². The fraction of sp³-hybridized carbons (Fsp3) is 1.00. The topological polar surface area (TPSA) is 24.5 Å². The van der Waals surface area contributed by atoms with Crippen LogP contribution in [0.3, 0.4) is 0 Å². The highest BCUT2D eigenvalue weighted by Crippen LogP contribution is 2.13. The summed E-state index contributed by atoms with van der Waals surface area (Å²) < 4.78 is 5.56. The van der Waals surface area contributed by atoms with Crippen molar-refractivity contribution in [2.45, 2.75) is 59.0 Å². The lowest BCUT2D eigenvalue weighted by molar-refractivity contribution is 0.0942. The van der Waals surface area contributed by atoms with Gasteiger partial charge in [-0.2, -0.15) is 0 Å². The van der Waals surface area contributed by atoms with Gasteiger partial charge in [-0.15, -0.1) is 0 Å². The Balaban J connectivity index is 2.20. The zero-order chi connectivity index (χ0) is 13.4. The van der Waals surface area contributed by atoms with Crippen molar-refractivity contribution in [2.24, 2.45) is 5.92 Å². The molecule has 1 saturated heterocycles. The maximum atomic E-state index is 5.56. The standard InChI is InChI=1S/C15H32N2O/c1-5-8-18-9-6-7-17-12-15(10-13(2)3)16-11-14(17)4/h13-16H,5-12H2,1-4H3. The molecule has 0 aromatic rings. The van der Waals surface area contributed by atoms with Crippen molar-refractivity contribution in [1.29, 1.82) is 0 Å². The normalized spacial score (nSPS) is 25.8. The van der Waals surface area contributed by atoms with Crippen LogP contribution in [0.1, 0.15) is 47.0 Å².